The maximum absolute atomic E-state index is 14.0. The summed E-state index contributed by atoms with van der Waals surface area (Å²) in [5.41, 5.74) is 0.974. The standard InChI is InChI=1S/C30H36ClN3O6S/c1-5-6-18-32-30(36)22(2)33(20-23-8-7-9-27(19-23)40-4)29(35)21-34(25-12-10-24(31)11-13-25)41(37,38)28-16-14-26(39-3)15-17-28/h7-17,19,22H,5-6,18,20-21H2,1-4H3,(H,32,36)/t22-/m1/s1. The Hall–Kier alpha value is -3.76. The Balaban J connectivity index is 2.00. The highest BCUT2D eigenvalue weighted by Gasteiger charge is 2.32. The maximum atomic E-state index is 14.0. The van der Waals surface area contributed by atoms with E-state index < -0.39 is 28.5 Å². The molecule has 0 aliphatic heterocycles. The van der Waals surface area contributed by atoms with Gasteiger partial charge in [-0.05, 0) is 79.6 Å². The van der Waals surface area contributed by atoms with E-state index in [1.807, 2.05) is 13.0 Å². The number of methoxy groups -OCH3 is 2. The van der Waals surface area contributed by atoms with Crippen LogP contribution in [0.2, 0.25) is 5.02 Å². The van der Waals surface area contributed by atoms with Gasteiger partial charge in [0.2, 0.25) is 11.8 Å². The van der Waals surface area contributed by atoms with Crippen LogP contribution in [0.25, 0.3) is 0 Å². The zero-order valence-corrected chi connectivity index (χ0v) is 25.2. The van der Waals surface area contributed by atoms with Gasteiger partial charge in [0, 0.05) is 18.1 Å². The first-order valence-electron chi connectivity index (χ1n) is 13.2. The van der Waals surface area contributed by atoms with E-state index in [1.54, 1.807) is 44.4 Å². The molecule has 1 atom stereocenters. The third kappa shape index (κ3) is 8.37. The summed E-state index contributed by atoms with van der Waals surface area (Å²) in [6.07, 6.45) is 1.70. The van der Waals surface area contributed by atoms with Gasteiger partial charge in [-0.25, -0.2) is 8.42 Å². The summed E-state index contributed by atoms with van der Waals surface area (Å²) in [7, 11) is -1.17. The third-order valence-electron chi connectivity index (χ3n) is 6.52. The molecule has 0 bridgehead atoms. The van der Waals surface area contributed by atoms with Gasteiger partial charge in [-0.2, -0.15) is 0 Å². The van der Waals surface area contributed by atoms with E-state index in [4.69, 9.17) is 21.1 Å². The van der Waals surface area contributed by atoms with Gasteiger partial charge in [0.1, 0.15) is 24.1 Å². The predicted molar refractivity (Wildman–Crippen MR) is 160 cm³/mol. The average molecular weight is 602 g/mol. The molecule has 0 saturated carbocycles. The number of amides is 2. The number of nitrogens with one attached hydrogen (secondary N) is 1. The van der Waals surface area contributed by atoms with Gasteiger partial charge in [-0.3, -0.25) is 13.9 Å². The van der Waals surface area contributed by atoms with E-state index in [0.717, 1.165) is 22.7 Å². The second kappa shape index (κ2) is 14.7. The number of carbonyl (C=O) groups excluding carboxylic acids is 2. The summed E-state index contributed by atoms with van der Waals surface area (Å²) >= 11 is 6.07. The lowest BCUT2D eigenvalue weighted by Gasteiger charge is -2.32. The first-order valence-corrected chi connectivity index (χ1v) is 15.0. The van der Waals surface area contributed by atoms with Gasteiger partial charge in [-0.1, -0.05) is 37.1 Å². The van der Waals surface area contributed by atoms with E-state index in [9.17, 15) is 18.0 Å². The van der Waals surface area contributed by atoms with E-state index in [-0.39, 0.29) is 23.0 Å². The molecule has 1 N–H and O–H groups in total. The highest BCUT2D eigenvalue weighted by Crippen LogP contribution is 2.27. The van der Waals surface area contributed by atoms with Crippen LogP contribution in [0.1, 0.15) is 32.3 Å². The Morgan fingerprint density at radius 3 is 2.22 bits per heavy atom. The monoisotopic (exact) mass is 601 g/mol. The first kappa shape index (κ1) is 31.8. The summed E-state index contributed by atoms with van der Waals surface area (Å²) < 4.78 is 39.3. The summed E-state index contributed by atoms with van der Waals surface area (Å²) in [6.45, 7) is 3.64. The Labute approximate surface area is 247 Å². The van der Waals surface area contributed by atoms with E-state index in [2.05, 4.69) is 5.32 Å². The fourth-order valence-electron chi connectivity index (χ4n) is 4.10. The van der Waals surface area contributed by atoms with Crippen molar-refractivity contribution in [3.8, 4) is 11.5 Å². The maximum Gasteiger partial charge on any atom is 0.264 e. The van der Waals surface area contributed by atoms with Crippen molar-refractivity contribution in [2.75, 3.05) is 31.6 Å². The van der Waals surface area contributed by atoms with Crippen molar-refractivity contribution < 1.29 is 27.5 Å². The minimum atomic E-state index is -4.20. The lowest BCUT2D eigenvalue weighted by Crippen LogP contribution is -2.51. The minimum Gasteiger partial charge on any atom is -0.497 e. The van der Waals surface area contributed by atoms with Crippen LogP contribution in [0.3, 0.4) is 0 Å². The Kier molecular flexibility index (Phi) is 11.4. The summed E-state index contributed by atoms with van der Waals surface area (Å²) in [5, 5.41) is 3.28. The highest BCUT2D eigenvalue weighted by molar-refractivity contribution is 7.92. The summed E-state index contributed by atoms with van der Waals surface area (Å²) in [4.78, 5) is 28.4. The SMILES string of the molecule is CCCCNC(=O)[C@@H](C)N(Cc1cccc(OC)c1)C(=O)CN(c1ccc(Cl)cc1)S(=O)(=O)c1ccc(OC)cc1. The van der Waals surface area contributed by atoms with Crippen molar-refractivity contribution in [3.05, 3.63) is 83.4 Å². The first-order chi connectivity index (χ1) is 19.6. The molecule has 220 valence electrons. The number of anilines is 1. The van der Waals surface area contributed by atoms with Crippen LogP contribution in [-0.2, 0) is 26.2 Å². The number of hydrogen-bond donors (Lipinski definition) is 1. The smallest absolute Gasteiger partial charge is 0.264 e. The van der Waals surface area contributed by atoms with Crippen LogP contribution in [0.15, 0.2) is 77.7 Å². The molecule has 0 fully saturated rings. The van der Waals surface area contributed by atoms with Crippen LogP contribution in [0, 0.1) is 0 Å². The summed E-state index contributed by atoms with van der Waals surface area (Å²) in [6, 6.07) is 18.3. The lowest BCUT2D eigenvalue weighted by molar-refractivity contribution is -0.139. The molecule has 3 aromatic carbocycles. The van der Waals surface area contributed by atoms with Crippen molar-refractivity contribution in [2.45, 2.75) is 44.2 Å². The molecule has 0 radical (unpaired) electrons. The number of hydrogen-bond acceptors (Lipinski definition) is 6. The molecule has 41 heavy (non-hydrogen) atoms. The van der Waals surface area contributed by atoms with Crippen LogP contribution in [0.5, 0.6) is 11.5 Å². The fourth-order valence-corrected chi connectivity index (χ4v) is 5.64. The number of nitrogens with zero attached hydrogens (tertiary/aromatic N) is 2. The van der Waals surface area contributed by atoms with Crippen LogP contribution in [0.4, 0.5) is 5.69 Å². The van der Waals surface area contributed by atoms with Crippen molar-refractivity contribution in [1.82, 2.24) is 10.2 Å². The zero-order valence-electron chi connectivity index (χ0n) is 23.7. The molecular weight excluding hydrogens is 566 g/mol. The Morgan fingerprint density at radius 1 is 0.951 bits per heavy atom. The van der Waals surface area contributed by atoms with Crippen molar-refractivity contribution in [1.29, 1.82) is 0 Å². The molecule has 3 aromatic rings. The molecular formula is C30H36ClN3O6S. The Bertz CT molecular complexity index is 1410. The molecule has 0 aliphatic rings. The van der Waals surface area contributed by atoms with Gasteiger partial charge >= 0.3 is 0 Å². The van der Waals surface area contributed by atoms with Crippen LogP contribution >= 0.6 is 11.6 Å². The molecule has 0 heterocycles. The van der Waals surface area contributed by atoms with Crippen molar-refractivity contribution in [3.63, 3.8) is 0 Å². The highest BCUT2D eigenvalue weighted by atomic mass is 35.5. The molecule has 2 amide bonds. The van der Waals surface area contributed by atoms with E-state index in [1.165, 1.54) is 48.4 Å². The predicted octanol–water partition coefficient (Wildman–Crippen LogP) is 4.89. The number of carbonyl (C=O) groups is 2. The van der Waals surface area contributed by atoms with Gasteiger partial charge < -0.3 is 19.7 Å². The zero-order chi connectivity index (χ0) is 30.0. The second-order valence-electron chi connectivity index (χ2n) is 9.36. The molecule has 0 aliphatic carbocycles. The largest absolute Gasteiger partial charge is 0.497 e. The van der Waals surface area contributed by atoms with Crippen molar-refractivity contribution >= 4 is 39.1 Å². The van der Waals surface area contributed by atoms with Crippen LogP contribution in [-0.4, -0.2) is 58.5 Å². The fraction of sp³-hybridized carbons (Fsp3) is 0.333. The topological polar surface area (TPSA) is 105 Å². The van der Waals surface area contributed by atoms with Gasteiger partial charge in [0.05, 0.1) is 24.8 Å². The third-order valence-corrected chi connectivity index (χ3v) is 8.56. The van der Waals surface area contributed by atoms with Crippen molar-refractivity contribution in [2.24, 2.45) is 0 Å². The molecule has 0 unspecified atom stereocenters. The average Bonchev–Trinajstić information content (AvgIpc) is 2.98. The molecule has 3 rings (SSSR count). The number of ether oxygens (including phenoxy) is 2. The molecule has 9 nitrogen and oxygen atoms in total. The van der Waals surface area contributed by atoms with Gasteiger partial charge in [0.25, 0.3) is 10.0 Å². The molecule has 11 heteroatoms. The number of sulfonamides is 1. The normalized spacial score (nSPS) is 11.8. The molecule has 0 spiro atoms. The number of halogens is 1. The quantitative estimate of drug-likeness (QED) is 0.264. The van der Waals surface area contributed by atoms with Gasteiger partial charge in [0.15, 0.2) is 0 Å². The van der Waals surface area contributed by atoms with E-state index in [0.29, 0.717) is 23.1 Å². The molecule has 0 saturated heterocycles. The molecule has 0 aromatic heterocycles. The number of unbranched alkanes of at least 4 members (excludes halogenated alkanes) is 1. The lowest BCUT2D eigenvalue weighted by atomic mass is 10.1. The number of rotatable bonds is 14. The second-order valence-corrected chi connectivity index (χ2v) is 11.7. The van der Waals surface area contributed by atoms with Crippen LogP contribution < -0.4 is 19.1 Å². The Morgan fingerprint density at radius 2 is 1.61 bits per heavy atom. The minimum absolute atomic E-state index is 0.0225. The summed E-state index contributed by atoms with van der Waals surface area (Å²) in [5.74, 6) is 0.203. The van der Waals surface area contributed by atoms with E-state index >= 15 is 0 Å². The van der Waals surface area contributed by atoms with Gasteiger partial charge in [-0.15, -0.1) is 0 Å². The number of benzene rings is 3.